The van der Waals surface area contributed by atoms with Gasteiger partial charge in [0.25, 0.3) is 0 Å². The van der Waals surface area contributed by atoms with E-state index in [1.54, 1.807) is 10.6 Å². The van der Waals surface area contributed by atoms with E-state index in [1.807, 2.05) is 0 Å². The summed E-state index contributed by atoms with van der Waals surface area (Å²) in [5.41, 5.74) is 0. The molecule has 0 unspecified atom stereocenters. The van der Waals surface area contributed by atoms with Crippen molar-refractivity contribution < 1.29 is 0 Å². The van der Waals surface area contributed by atoms with Gasteiger partial charge >= 0.3 is 110 Å². The topological polar surface area (TPSA) is 0 Å². The molecule has 0 nitrogen and oxygen atoms in total. The third kappa shape index (κ3) is 1.63. The van der Waals surface area contributed by atoms with Crippen molar-refractivity contribution in [2.24, 2.45) is 0 Å². The van der Waals surface area contributed by atoms with E-state index in [0.29, 0.717) is 0 Å². The van der Waals surface area contributed by atoms with Crippen LogP contribution in [0.5, 0.6) is 0 Å². The molecule has 1 heterocycles. The van der Waals surface area contributed by atoms with Gasteiger partial charge in [-0.1, -0.05) is 0 Å². The second-order valence-electron chi connectivity index (χ2n) is 5.87. The van der Waals surface area contributed by atoms with Crippen LogP contribution in [0.3, 0.4) is 0 Å². The molecule has 0 N–H and O–H groups in total. The molecule has 18 heavy (non-hydrogen) atoms. The molecule has 2 aromatic rings. The zero-order valence-corrected chi connectivity index (χ0v) is 11.9. The molecule has 1 fully saturated rings. The molecule has 0 spiro atoms. The van der Waals surface area contributed by atoms with Crippen LogP contribution in [0.15, 0.2) is 60.7 Å². The summed E-state index contributed by atoms with van der Waals surface area (Å²) in [6, 6.07) is 22.5. The van der Waals surface area contributed by atoms with Gasteiger partial charge in [-0.15, -0.1) is 0 Å². The summed E-state index contributed by atoms with van der Waals surface area (Å²) in [7, 11) is 0. The third-order valence-electron chi connectivity index (χ3n) is 4.79. The molecule has 1 saturated heterocycles. The Kier molecular flexibility index (Phi) is 2.79. The van der Waals surface area contributed by atoms with Crippen LogP contribution in [0.25, 0.3) is 0 Å². The average molecular weight is 256 g/mol. The Morgan fingerprint density at radius 1 is 0.667 bits per heavy atom. The normalized spacial score (nSPS) is 23.1. The number of rotatable bonds is 2. The molecule has 3 rings (SSSR count). The Labute approximate surface area is 110 Å². The molecule has 1 heteroatoms. The van der Waals surface area contributed by atoms with Gasteiger partial charge in [0.1, 0.15) is 0 Å². The average Bonchev–Trinajstić information content (AvgIpc) is 2.87. The minimum atomic E-state index is -1.87. The zero-order valence-electron chi connectivity index (χ0n) is 11.0. The van der Waals surface area contributed by atoms with Crippen LogP contribution < -0.4 is 10.6 Å². The quantitative estimate of drug-likeness (QED) is 0.720. The summed E-state index contributed by atoms with van der Waals surface area (Å²) >= 11 is 0. The van der Waals surface area contributed by atoms with Gasteiger partial charge in [-0.3, -0.25) is 0 Å². The summed E-state index contributed by atoms with van der Waals surface area (Å²) in [6.07, 6.45) is 5.55. The van der Waals surface area contributed by atoms with Crippen LogP contribution in [-0.2, 0) is 0 Å². The molecule has 94 valence electrons. The molecule has 1 aliphatic rings. The molecule has 2 aromatic carbocycles. The number of hydrogen-bond donors (Lipinski definition) is 0. The summed E-state index contributed by atoms with van der Waals surface area (Å²) in [5, 5.41) is 3.21. The molecule has 0 aliphatic carbocycles. The molecule has 0 radical (unpaired) electrons. The van der Waals surface area contributed by atoms with Crippen molar-refractivity contribution in [2.75, 3.05) is 19.0 Å². The Morgan fingerprint density at radius 3 is 1.44 bits per heavy atom. The predicted molar refractivity (Wildman–Crippen MR) is 84.0 cm³/mol. The van der Waals surface area contributed by atoms with Gasteiger partial charge in [0, 0.05) is 0 Å². The molecular formula is C17H21P. The van der Waals surface area contributed by atoms with Gasteiger partial charge in [0.15, 0.2) is 0 Å². The SMILES string of the molecule is CP1(c2ccccc2)(c2ccccc2)CCCC1. The number of hydrogen-bond acceptors (Lipinski definition) is 0. The van der Waals surface area contributed by atoms with Gasteiger partial charge in [-0.05, 0) is 0 Å². The van der Waals surface area contributed by atoms with E-state index < -0.39 is 6.60 Å². The second-order valence-corrected chi connectivity index (χ2v) is 11.9. The monoisotopic (exact) mass is 256 g/mol. The van der Waals surface area contributed by atoms with Crippen molar-refractivity contribution in [3.63, 3.8) is 0 Å². The van der Waals surface area contributed by atoms with Crippen LogP contribution in [0.1, 0.15) is 12.8 Å². The van der Waals surface area contributed by atoms with E-state index in [-0.39, 0.29) is 0 Å². The summed E-state index contributed by atoms with van der Waals surface area (Å²) in [6.45, 7) is 0.713. The van der Waals surface area contributed by atoms with Crippen molar-refractivity contribution >= 4 is 17.2 Å². The Hall–Kier alpha value is -1.13. The van der Waals surface area contributed by atoms with Gasteiger partial charge in [0.2, 0.25) is 0 Å². The van der Waals surface area contributed by atoms with Crippen LogP contribution in [-0.4, -0.2) is 19.0 Å². The fourth-order valence-corrected chi connectivity index (χ4v) is 9.38. The first-order chi connectivity index (χ1) is 8.73. The molecule has 0 aromatic heterocycles. The van der Waals surface area contributed by atoms with Crippen LogP contribution in [0.2, 0.25) is 0 Å². The predicted octanol–water partition coefficient (Wildman–Crippen LogP) is 3.61. The van der Waals surface area contributed by atoms with Gasteiger partial charge in [-0.2, -0.15) is 0 Å². The van der Waals surface area contributed by atoms with E-state index in [0.717, 1.165) is 0 Å². The van der Waals surface area contributed by atoms with Gasteiger partial charge in [0.05, 0.1) is 0 Å². The van der Waals surface area contributed by atoms with Gasteiger partial charge < -0.3 is 0 Å². The molecule has 0 saturated carbocycles. The van der Waals surface area contributed by atoms with Crippen LogP contribution in [0, 0.1) is 0 Å². The fraction of sp³-hybridized carbons (Fsp3) is 0.294. The molecule has 1 aliphatic heterocycles. The first-order valence-corrected chi connectivity index (χ1v) is 9.90. The van der Waals surface area contributed by atoms with Crippen molar-refractivity contribution in [3.8, 4) is 0 Å². The maximum absolute atomic E-state index is 2.59. The van der Waals surface area contributed by atoms with E-state index >= 15 is 0 Å². The summed E-state index contributed by atoms with van der Waals surface area (Å²) in [5.74, 6) is 0. The Balaban J connectivity index is 2.24. The van der Waals surface area contributed by atoms with Crippen LogP contribution >= 0.6 is 6.60 Å². The van der Waals surface area contributed by atoms with E-state index in [9.17, 15) is 0 Å². The fourth-order valence-electron chi connectivity index (χ4n) is 3.58. The van der Waals surface area contributed by atoms with E-state index in [1.165, 1.54) is 25.2 Å². The molecule has 0 atom stereocenters. The molecule has 0 amide bonds. The zero-order chi connectivity index (χ0) is 12.5. The standard InChI is InChI=1S/C17H21P/c1-18(14-8-9-15-18,16-10-4-2-5-11-16)17-12-6-3-7-13-17/h2-7,10-13H,8-9,14-15H2,1H3. The second kappa shape index (κ2) is 4.21. The van der Waals surface area contributed by atoms with E-state index in [2.05, 4.69) is 67.3 Å². The summed E-state index contributed by atoms with van der Waals surface area (Å²) in [4.78, 5) is 0. The van der Waals surface area contributed by atoms with Gasteiger partial charge in [-0.25, -0.2) is 0 Å². The van der Waals surface area contributed by atoms with Crippen molar-refractivity contribution in [2.45, 2.75) is 12.8 Å². The van der Waals surface area contributed by atoms with Crippen molar-refractivity contribution in [3.05, 3.63) is 60.7 Å². The third-order valence-corrected chi connectivity index (χ3v) is 11.5. The molecular weight excluding hydrogens is 235 g/mol. The Morgan fingerprint density at radius 2 is 1.06 bits per heavy atom. The Bertz CT molecular complexity index is 481. The first-order valence-electron chi connectivity index (χ1n) is 6.85. The molecule has 0 bridgehead atoms. The minimum absolute atomic E-state index is 1.39. The van der Waals surface area contributed by atoms with Crippen LogP contribution in [0.4, 0.5) is 0 Å². The van der Waals surface area contributed by atoms with E-state index in [4.69, 9.17) is 0 Å². The van der Waals surface area contributed by atoms with Crippen molar-refractivity contribution in [1.82, 2.24) is 0 Å². The van der Waals surface area contributed by atoms with Crippen molar-refractivity contribution in [1.29, 1.82) is 0 Å². The number of benzene rings is 2. The summed E-state index contributed by atoms with van der Waals surface area (Å²) < 4.78 is 0. The first kappa shape index (κ1) is 11.9. The maximum atomic E-state index is 2.59.